The number of rotatable bonds is 6. The molecule has 0 aromatic heterocycles. The normalized spacial score (nSPS) is 11.5. The molecule has 0 heterocycles. The van der Waals surface area contributed by atoms with Crippen molar-refractivity contribution in [2.75, 3.05) is 17.7 Å². The summed E-state index contributed by atoms with van der Waals surface area (Å²) >= 11 is 6.05. The Hall–Kier alpha value is -3.06. The predicted molar refractivity (Wildman–Crippen MR) is 107 cm³/mol. The van der Waals surface area contributed by atoms with E-state index < -0.39 is 15.9 Å². The van der Waals surface area contributed by atoms with Crippen LogP contribution in [0.4, 0.5) is 11.4 Å². The SMILES string of the molecule is COc1cc(Cl)c(C)cc1N/C=C(/C#N)C(=O)Nc1ccc(S(N)(=O)=O)cc1. The molecule has 0 aliphatic heterocycles. The number of nitriles is 1. The van der Waals surface area contributed by atoms with Gasteiger partial charge in [-0.25, -0.2) is 13.6 Å². The molecular weight excluding hydrogens is 404 g/mol. The average Bonchev–Trinajstić information content (AvgIpc) is 2.64. The van der Waals surface area contributed by atoms with Crippen LogP contribution in [0.5, 0.6) is 5.75 Å². The number of hydrogen-bond acceptors (Lipinski definition) is 6. The minimum atomic E-state index is -3.83. The maximum atomic E-state index is 12.3. The van der Waals surface area contributed by atoms with Gasteiger partial charge in [-0.05, 0) is 42.8 Å². The zero-order valence-corrected chi connectivity index (χ0v) is 16.6. The molecule has 0 aliphatic rings. The van der Waals surface area contributed by atoms with Gasteiger partial charge in [-0.2, -0.15) is 5.26 Å². The minimum absolute atomic E-state index is 0.0894. The molecule has 0 saturated carbocycles. The Labute approximate surface area is 167 Å². The van der Waals surface area contributed by atoms with Gasteiger partial charge in [0, 0.05) is 23.0 Å². The number of aryl methyl sites for hydroxylation is 1. The maximum absolute atomic E-state index is 12.3. The molecule has 0 spiro atoms. The van der Waals surface area contributed by atoms with E-state index in [4.69, 9.17) is 21.5 Å². The molecule has 1 amide bonds. The molecule has 28 heavy (non-hydrogen) atoms. The third-order valence-corrected chi connectivity index (χ3v) is 4.99. The molecule has 0 bridgehead atoms. The number of amides is 1. The predicted octanol–water partition coefficient (Wildman–Crippen LogP) is 2.76. The van der Waals surface area contributed by atoms with Crippen molar-refractivity contribution in [3.8, 4) is 11.8 Å². The first-order chi connectivity index (χ1) is 13.2. The Kier molecular flexibility index (Phi) is 6.64. The van der Waals surface area contributed by atoms with Crippen molar-refractivity contribution in [1.29, 1.82) is 5.26 Å². The van der Waals surface area contributed by atoms with Gasteiger partial charge >= 0.3 is 0 Å². The molecule has 2 rings (SSSR count). The van der Waals surface area contributed by atoms with Crippen LogP contribution in [-0.4, -0.2) is 21.4 Å². The summed E-state index contributed by atoms with van der Waals surface area (Å²) in [6.45, 7) is 1.81. The van der Waals surface area contributed by atoms with E-state index in [0.717, 1.165) is 5.56 Å². The lowest BCUT2D eigenvalue weighted by Gasteiger charge is -2.11. The van der Waals surface area contributed by atoms with E-state index in [-0.39, 0.29) is 10.5 Å². The summed E-state index contributed by atoms with van der Waals surface area (Å²) < 4.78 is 27.7. The monoisotopic (exact) mass is 420 g/mol. The molecule has 0 unspecified atom stereocenters. The Morgan fingerprint density at radius 3 is 2.46 bits per heavy atom. The first kappa shape index (κ1) is 21.2. The van der Waals surface area contributed by atoms with E-state index in [1.165, 1.54) is 37.6 Å². The number of nitrogens with zero attached hydrogens (tertiary/aromatic N) is 1. The second-order valence-electron chi connectivity index (χ2n) is 5.64. The zero-order chi connectivity index (χ0) is 20.9. The number of benzene rings is 2. The highest BCUT2D eigenvalue weighted by molar-refractivity contribution is 7.89. The van der Waals surface area contributed by atoms with Crippen LogP contribution in [0.25, 0.3) is 0 Å². The third kappa shape index (κ3) is 5.23. The molecule has 10 heteroatoms. The smallest absolute Gasteiger partial charge is 0.267 e. The topological polar surface area (TPSA) is 134 Å². The molecule has 0 fully saturated rings. The Morgan fingerprint density at radius 1 is 1.29 bits per heavy atom. The number of carbonyl (C=O) groups excluding carboxylic acids is 1. The quantitative estimate of drug-likeness (QED) is 0.485. The Morgan fingerprint density at radius 2 is 1.93 bits per heavy atom. The largest absolute Gasteiger partial charge is 0.495 e. The molecule has 4 N–H and O–H groups in total. The van der Waals surface area contributed by atoms with E-state index in [9.17, 15) is 18.5 Å². The number of halogens is 1. The Bertz CT molecular complexity index is 1070. The molecule has 0 radical (unpaired) electrons. The van der Waals surface area contributed by atoms with Gasteiger partial charge in [0.05, 0.1) is 17.7 Å². The van der Waals surface area contributed by atoms with Gasteiger partial charge in [0.1, 0.15) is 17.4 Å². The van der Waals surface area contributed by atoms with Gasteiger partial charge in [0.15, 0.2) is 0 Å². The van der Waals surface area contributed by atoms with Crippen LogP contribution < -0.4 is 20.5 Å². The van der Waals surface area contributed by atoms with E-state index in [2.05, 4.69) is 10.6 Å². The van der Waals surface area contributed by atoms with Crippen LogP contribution in [0.2, 0.25) is 5.02 Å². The molecule has 2 aromatic rings. The average molecular weight is 421 g/mol. The zero-order valence-electron chi connectivity index (χ0n) is 15.0. The number of sulfonamides is 1. The number of hydrogen-bond donors (Lipinski definition) is 3. The number of nitrogens with two attached hydrogens (primary N) is 1. The molecule has 8 nitrogen and oxygen atoms in total. The highest BCUT2D eigenvalue weighted by Crippen LogP contribution is 2.31. The fourth-order valence-electron chi connectivity index (χ4n) is 2.17. The fourth-order valence-corrected chi connectivity index (χ4v) is 2.84. The van der Waals surface area contributed by atoms with Gasteiger partial charge in [0.2, 0.25) is 10.0 Å². The molecular formula is C18H17ClN4O4S. The van der Waals surface area contributed by atoms with Gasteiger partial charge in [-0.1, -0.05) is 11.6 Å². The summed E-state index contributed by atoms with van der Waals surface area (Å²) in [5.41, 5.74) is 1.42. The van der Waals surface area contributed by atoms with Crippen molar-refractivity contribution in [3.05, 3.63) is 58.8 Å². The van der Waals surface area contributed by atoms with E-state index in [1.54, 1.807) is 25.1 Å². The van der Waals surface area contributed by atoms with E-state index >= 15 is 0 Å². The van der Waals surface area contributed by atoms with E-state index in [0.29, 0.717) is 22.1 Å². The van der Waals surface area contributed by atoms with Crippen LogP contribution in [0.15, 0.2) is 53.1 Å². The minimum Gasteiger partial charge on any atom is -0.495 e. The lowest BCUT2D eigenvalue weighted by atomic mass is 10.2. The van der Waals surface area contributed by atoms with Gasteiger partial charge in [-0.15, -0.1) is 0 Å². The van der Waals surface area contributed by atoms with Crippen LogP contribution in [0.3, 0.4) is 0 Å². The molecule has 2 aromatic carbocycles. The summed E-state index contributed by atoms with van der Waals surface area (Å²) in [6, 6.07) is 10.4. The van der Waals surface area contributed by atoms with Crippen LogP contribution >= 0.6 is 11.6 Å². The van der Waals surface area contributed by atoms with Crippen molar-refractivity contribution in [2.24, 2.45) is 5.14 Å². The lowest BCUT2D eigenvalue weighted by Crippen LogP contribution is -2.15. The van der Waals surface area contributed by atoms with Crippen LogP contribution in [0, 0.1) is 18.3 Å². The number of primary sulfonamides is 1. The summed E-state index contributed by atoms with van der Waals surface area (Å²) in [4.78, 5) is 12.2. The van der Waals surface area contributed by atoms with Crippen LogP contribution in [-0.2, 0) is 14.8 Å². The maximum Gasteiger partial charge on any atom is 0.267 e. The van der Waals surface area contributed by atoms with Crippen molar-refractivity contribution < 1.29 is 17.9 Å². The summed E-state index contributed by atoms with van der Waals surface area (Å²) in [5, 5.41) is 20.2. The fraction of sp³-hybridized carbons (Fsp3) is 0.111. The Balaban J connectivity index is 2.18. The molecule has 0 aliphatic carbocycles. The standard InChI is InChI=1S/C18H17ClN4O4S/c1-11-7-16(17(27-2)8-15(11)19)22-10-12(9-20)18(24)23-13-3-5-14(6-4-13)28(21,25)26/h3-8,10,22H,1-2H3,(H,23,24)(H2,21,25,26)/b12-10-. The highest BCUT2D eigenvalue weighted by atomic mass is 35.5. The molecule has 0 atom stereocenters. The number of carbonyl (C=O) groups is 1. The van der Waals surface area contributed by atoms with Crippen molar-refractivity contribution in [3.63, 3.8) is 0 Å². The second-order valence-corrected chi connectivity index (χ2v) is 7.61. The van der Waals surface area contributed by atoms with Gasteiger partial charge in [0.25, 0.3) is 5.91 Å². The molecule has 146 valence electrons. The van der Waals surface area contributed by atoms with Gasteiger partial charge < -0.3 is 15.4 Å². The summed E-state index contributed by atoms with van der Waals surface area (Å²) in [7, 11) is -2.36. The first-order valence-electron chi connectivity index (χ1n) is 7.81. The molecule has 0 saturated heterocycles. The number of nitrogens with one attached hydrogen (secondary N) is 2. The lowest BCUT2D eigenvalue weighted by molar-refractivity contribution is -0.112. The third-order valence-electron chi connectivity index (χ3n) is 3.66. The number of ether oxygens (including phenoxy) is 1. The van der Waals surface area contributed by atoms with Crippen molar-refractivity contribution in [2.45, 2.75) is 11.8 Å². The number of methoxy groups -OCH3 is 1. The van der Waals surface area contributed by atoms with Gasteiger partial charge in [-0.3, -0.25) is 4.79 Å². The summed E-state index contributed by atoms with van der Waals surface area (Å²) in [6.07, 6.45) is 1.24. The number of anilines is 2. The van der Waals surface area contributed by atoms with Crippen molar-refractivity contribution >= 4 is 38.9 Å². The second kappa shape index (κ2) is 8.75. The first-order valence-corrected chi connectivity index (χ1v) is 9.73. The summed E-state index contributed by atoms with van der Waals surface area (Å²) in [5.74, 6) is -0.230. The van der Waals surface area contributed by atoms with Crippen molar-refractivity contribution in [1.82, 2.24) is 0 Å². The van der Waals surface area contributed by atoms with Crippen LogP contribution in [0.1, 0.15) is 5.56 Å². The van der Waals surface area contributed by atoms with E-state index in [1.807, 2.05) is 0 Å². The highest BCUT2D eigenvalue weighted by Gasteiger charge is 2.12.